The Kier molecular flexibility index (Phi) is 10.2. The number of carboxylic acid groups (broad SMARTS) is 1. The summed E-state index contributed by atoms with van der Waals surface area (Å²) in [6, 6.07) is 9.63. The molecule has 0 bridgehead atoms. The molecule has 1 aliphatic carbocycles. The van der Waals surface area contributed by atoms with Crippen LogP contribution in [0.3, 0.4) is 0 Å². The number of aliphatic hydroxyl groups is 1. The van der Waals surface area contributed by atoms with Crippen molar-refractivity contribution in [2.75, 3.05) is 32.8 Å². The molecule has 3 amide bonds. The number of carbonyl (C=O) groups excluding carboxylic acids is 3. The molecule has 3 atom stereocenters. The summed E-state index contributed by atoms with van der Waals surface area (Å²) < 4.78 is 5.03. The van der Waals surface area contributed by atoms with Gasteiger partial charge in [-0.05, 0) is 32.3 Å². The third-order valence-electron chi connectivity index (χ3n) is 7.49. The molecular weight excluding hydrogens is 530 g/mol. The molecule has 12 nitrogen and oxygen atoms in total. The van der Waals surface area contributed by atoms with E-state index in [9.17, 15) is 29.4 Å². The first-order valence-corrected chi connectivity index (χ1v) is 14.1. The van der Waals surface area contributed by atoms with Crippen molar-refractivity contribution in [1.82, 2.24) is 25.1 Å². The highest BCUT2D eigenvalue weighted by molar-refractivity contribution is 5.96. The standard InChI is InChI=1S/C29H37N5O7/c1-2-41-29(40)34-16-14-33(15-17-34)28(39)21(12-13-25(36)37)32-27(38)23-18-22(20-10-6-7-11-24(20)35)30-26(31-23)19-8-4-3-5-9-19/h3-5,8-9,18,20-21,24,35H,2,6-7,10-17H2,1H3,(H,32,38)(H,36,37)/t20?,21-,24?/m0/s1. The zero-order chi connectivity index (χ0) is 29.4. The van der Waals surface area contributed by atoms with Crippen molar-refractivity contribution in [3.8, 4) is 11.4 Å². The van der Waals surface area contributed by atoms with E-state index in [0.717, 1.165) is 19.3 Å². The topological polar surface area (TPSA) is 162 Å². The Bertz CT molecular complexity index is 1230. The van der Waals surface area contributed by atoms with Crippen LogP contribution in [0.4, 0.5) is 4.79 Å². The van der Waals surface area contributed by atoms with Gasteiger partial charge in [0.2, 0.25) is 5.91 Å². The Balaban J connectivity index is 1.56. The molecule has 220 valence electrons. The molecule has 1 saturated heterocycles. The first-order chi connectivity index (χ1) is 19.8. The molecule has 0 spiro atoms. The molecule has 1 saturated carbocycles. The van der Waals surface area contributed by atoms with Crippen molar-refractivity contribution in [1.29, 1.82) is 0 Å². The highest BCUT2D eigenvalue weighted by atomic mass is 16.6. The van der Waals surface area contributed by atoms with Crippen molar-refractivity contribution < 1.29 is 34.1 Å². The molecule has 0 radical (unpaired) electrons. The fourth-order valence-electron chi connectivity index (χ4n) is 5.25. The third-order valence-corrected chi connectivity index (χ3v) is 7.49. The lowest BCUT2D eigenvalue weighted by Crippen LogP contribution is -2.56. The molecule has 2 aromatic rings. The first kappa shape index (κ1) is 29.9. The fourth-order valence-corrected chi connectivity index (χ4v) is 5.25. The number of nitrogens with one attached hydrogen (secondary N) is 1. The summed E-state index contributed by atoms with van der Waals surface area (Å²) in [5.41, 5.74) is 1.29. The number of carboxylic acids is 1. The first-order valence-electron chi connectivity index (χ1n) is 14.1. The fraction of sp³-hybridized carbons (Fsp3) is 0.517. The van der Waals surface area contributed by atoms with Crippen LogP contribution in [0, 0.1) is 0 Å². The smallest absolute Gasteiger partial charge is 0.409 e. The normalized spacial score (nSPS) is 19.8. The monoisotopic (exact) mass is 567 g/mol. The van der Waals surface area contributed by atoms with Gasteiger partial charge < -0.3 is 30.1 Å². The Morgan fingerprint density at radius 3 is 2.37 bits per heavy atom. The number of aliphatic carboxylic acids is 1. The third kappa shape index (κ3) is 7.78. The van der Waals surface area contributed by atoms with E-state index in [2.05, 4.69) is 10.3 Å². The average molecular weight is 568 g/mol. The van der Waals surface area contributed by atoms with Gasteiger partial charge in [0.1, 0.15) is 11.7 Å². The summed E-state index contributed by atoms with van der Waals surface area (Å²) in [5.74, 6) is -2.07. The number of aromatic nitrogens is 2. The number of hydrogen-bond donors (Lipinski definition) is 3. The molecule has 3 N–H and O–H groups in total. The van der Waals surface area contributed by atoms with E-state index in [0.29, 0.717) is 23.5 Å². The number of nitrogens with zero attached hydrogens (tertiary/aromatic N) is 4. The summed E-state index contributed by atoms with van der Waals surface area (Å²) in [7, 11) is 0. The minimum absolute atomic E-state index is 0.0341. The summed E-state index contributed by atoms with van der Waals surface area (Å²) in [6.07, 6.45) is 1.76. The van der Waals surface area contributed by atoms with Crippen molar-refractivity contribution >= 4 is 23.9 Å². The van der Waals surface area contributed by atoms with E-state index in [1.165, 1.54) is 9.80 Å². The van der Waals surface area contributed by atoms with E-state index in [1.807, 2.05) is 30.3 Å². The SMILES string of the molecule is CCOC(=O)N1CCN(C(=O)[C@H](CCC(=O)O)NC(=O)c2cc(C3CCCCC3O)nc(-c3ccccc3)n2)CC1. The molecule has 41 heavy (non-hydrogen) atoms. The number of benzene rings is 1. The lowest BCUT2D eigenvalue weighted by Gasteiger charge is -2.36. The van der Waals surface area contributed by atoms with Crippen LogP contribution < -0.4 is 5.32 Å². The van der Waals surface area contributed by atoms with Crippen LogP contribution in [0.15, 0.2) is 36.4 Å². The molecular formula is C29H37N5O7. The maximum absolute atomic E-state index is 13.5. The molecule has 12 heteroatoms. The molecule has 1 aromatic carbocycles. The number of amides is 3. The van der Waals surface area contributed by atoms with Crippen molar-refractivity contribution in [2.24, 2.45) is 0 Å². The van der Waals surface area contributed by atoms with Crippen molar-refractivity contribution in [3.63, 3.8) is 0 Å². The quantitative estimate of drug-likeness (QED) is 0.413. The number of rotatable bonds is 9. The number of piperazine rings is 1. The van der Waals surface area contributed by atoms with Crippen LogP contribution in [0.1, 0.15) is 67.5 Å². The lowest BCUT2D eigenvalue weighted by atomic mass is 9.84. The Hall–Kier alpha value is -4.06. The summed E-state index contributed by atoms with van der Waals surface area (Å²) >= 11 is 0. The van der Waals surface area contributed by atoms with Gasteiger partial charge >= 0.3 is 12.1 Å². The van der Waals surface area contributed by atoms with Crippen LogP contribution in [-0.4, -0.2) is 98.8 Å². The van der Waals surface area contributed by atoms with E-state index < -0.39 is 36.0 Å². The van der Waals surface area contributed by atoms with Gasteiger partial charge in [-0.1, -0.05) is 43.2 Å². The lowest BCUT2D eigenvalue weighted by molar-refractivity contribution is -0.138. The van der Waals surface area contributed by atoms with E-state index >= 15 is 0 Å². The minimum Gasteiger partial charge on any atom is -0.481 e. The van der Waals surface area contributed by atoms with Crippen molar-refractivity contribution in [3.05, 3.63) is 47.8 Å². The summed E-state index contributed by atoms with van der Waals surface area (Å²) in [6.45, 7) is 2.96. The Morgan fingerprint density at radius 1 is 1.02 bits per heavy atom. The molecule has 2 unspecified atom stereocenters. The Morgan fingerprint density at radius 2 is 1.71 bits per heavy atom. The van der Waals surface area contributed by atoms with Crippen LogP contribution >= 0.6 is 0 Å². The number of hydrogen-bond acceptors (Lipinski definition) is 8. The largest absolute Gasteiger partial charge is 0.481 e. The van der Waals surface area contributed by atoms with Gasteiger partial charge in [-0.2, -0.15) is 0 Å². The highest BCUT2D eigenvalue weighted by Crippen LogP contribution is 2.33. The van der Waals surface area contributed by atoms with Crippen LogP contribution in [0.25, 0.3) is 11.4 Å². The zero-order valence-electron chi connectivity index (χ0n) is 23.2. The predicted octanol–water partition coefficient (Wildman–Crippen LogP) is 2.43. The summed E-state index contributed by atoms with van der Waals surface area (Å²) in [5, 5.41) is 22.7. The molecule has 2 heterocycles. The van der Waals surface area contributed by atoms with E-state index in [4.69, 9.17) is 9.72 Å². The second-order valence-electron chi connectivity index (χ2n) is 10.3. The van der Waals surface area contributed by atoms with Crippen LogP contribution in [0.5, 0.6) is 0 Å². The predicted molar refractivity (Wildman–Crippen MR) is 148 cm³/mol. The van der Waals surface area contributed by atoms with Crippen LogP contribution in [-0.2, 0) is 14.3 Å². The average Bonchev–Trinajstić information content (AvgIpc) is 2.99. The number of aliphatic hydroxyl groups excluding tert-OH is 1. The van der Waals surface area contributed by atoms with Crippen molar-refractivity contribution in [2.45, 2.75) is 63.5 Å². The van der Waals surface area contributed by atoms with Gasteiger partial charge in [0.25, 0.3) is 5.91 Å². The number of carbonyl (C=O) groups is 4. The maximum Gasteiger partial charge on any atom is 0.409 e. The Labute approximate surface area is 238 Å². The maximum atomic E-state index is 13.5. The van der Waals surface area contributed by atoms with Gasteiger partial charge in [0.15, 0.2) is 5.82 Å². The zero-order valence-corrected chi connectivity index (χ0v) is 23.2. The molecule has 2 aliphatic rings. The van der Waals surface area contributed by atoms with Gasteiger partial charge in [-0.15, -0.1) is 0 Å². The van der Waals surface area contributed by atoms with Gasteiger partial charge in [-0.25, -0.2) is 14.8 Å². The van der Waals surface area contributed by atoms with Gasteiger partial charge in [0.05, 0.1) is 18.4 Å². The molecule has 1 aromatic heterocycles. The number of ether oxygens (including phenoxy) is 1. The molecule has 1 aliphatic heterocycles. The summed E-state index contributed by atoms with van der Waals surface area (Å²) in [4.78, 5) is 62.6. The van der Waals surface area contributed by atoms with Gasteiger partial charge in [-0.3, -0.25) is 14.4 Å². The van der Waals surface area contributed by atoms with Crippen LogP contribution in [0.2, 0.25) is 0 Å². The minimum atomic E-state index is -1.10. The molecule has 4 rings (SSSR count). The van der Waals surface area contributed by atoms with Gasteiger partial charge in [0, 0.05) is 44.1 Å². The van der Waals surface area contributed by atoms with E-state index in [-0.39, 0.29) is 57.2 Å². The second kappa shape index (κ2) is 14.0. The molecule has 2 fully saturated rings. The highest BCUT2D eigenvalue weighted by Gasteiger charge is 2.32. The van der Waals surface area contributed by atoms with E-state index in [1.54, 1.807) is 13.0 Å². The second-order valence-corrected chi connectivity index (χ2v) is 10.3.